The third-order valence-electron chi connectivity index (χ3n) is 6.52. The number of fused-ring (bicyclic) bond motifs is 5. The number of methoxy groups -OCH3 is 1. The third kappa shape index (κ3) is 3.48. The van der Waals surface area contributed by atoms with Crippen LogP contribution in [0.15, 0.2) is 53.7 Å². The second-order valence-corrected chi connectivity index (χ2v) is 8.95. The van der Waals surface area contributed by atoms with Crippen molar-refractivity contribution >= 4 is 29.6 Å². The van der Waals surface area contributed by atoms with Crippen LogP contribution in [0.3, 0.4) is 0 Å². The van der Waals surface area contributed by atoms with Gasteiger partial charge >= 0.3 is 0 Å². The van der Waals surface area contributed by atoms with Gasteiger partial charge in [0.2, 0.25) is 0 Å². The molecule has 1 aliphatic heterocycles. The molecule has 1 saturated heterocycles. The predicted molar refractivity (Wildman–Crippen MR) is 121 cm³/mol. The van der Waals surface area contributed by atoms with Gasteiger partial charge in [0.25, 0.3) is 11.8 Å². The van der Waals surface area contributed by atoms with E-state index in [0.717, 1.165) is 17.0 Å². The first-order chi connectivity index (χ1) is 15.5. The van der Waals surface area contributed by atoms with Gasteiger partial charge in [-0.3, -0.25) is 9.59 Å². The number of benzene rings is 2. The van der Waals surface area contributed by atoms with Gasteiger partial charge < -0.3 is 9.47 Å². The third-order valence-corrected chi connectivity index (χ3v) is 6.81. The van der Waals surface area contributed by atoms with Crippen molar-refractivity contribution in [3.05, 3.63) is 70.3 Å². The normalized spacial score (nSPS) is 25.8. The van der Waals surface area contributed by atoms with Crippen LogP contribution in [-0.4, -0.2) is 30.1 Å². The van der Waals surface area contributed by atoms with E-state index in [-0.39, 0.29) is 35.5 Å². The number of rotatable bonds is 6. The molecule has 1 heterocycles. The minimum atomic E-state index is -0.273. The highest BCUT2D eigenvalue weighted by Crippen LogP contribution is 2.52. The minimum Gasteiger partial charge on any atom is -0.493 e. The van der Waals surface area contributed by atoms with Crippen LogP contribution < -0.4 is 9.47 Å². The molecular formula is C25H23ClN2O4. The topological polar surface area (TPSA) is 68.2 Å². The van der Waals surface area contributed by atoms with Gasteiger partial charge in [-0.2, -0.15) is 10.1 Å². The van der Waals surface area contributed by atoms with Crippen LogP contribution in [0.4, 0.5) is 0 Å². The number of ether oxygens (including phenoxy) is 2. The number of hydrogen-bond acceptors (Lipinski definition) is 5. The standard InChI is InChI=1S/C25H23ClN2O4/c1-14-3-5-15(6-4-14)13-32-23-19(26)9-16(10-20(23)31-2)12-27-28-24(29)21-17-7-8-18(11-17)22(21)25(28)30/h3-10,12,17-18,21-22H,11,13H2,1-2H3/t17-,18-,21-,22+/m0/s1. The number of carbonyl (C=O) groups excluding carboxylic acids is 2. The molecule has 1 saturated carbocycles. The Morgan fingerprint density at radius 1 is 1.09 bits per heavy atom. The van der Waals surface area contributed by atoms with Crippen LogP contribution in [0.25, 0.3) is 0 Å². The van der Waals surface area contributed by atoms with E-state index in [1.54, 1.807) is 12.1 Å². The zero-order valence-electron chi connectivity index (χ0n) is 17.8. The van der Waals surface area contributed by atoms with Gasteiger partial charge in [-0.15, -0.1) is 0 Å². The van der Waals surface area contributed by atoms with Gasteiger partial charge in [-0.1, -0.05) is 53.6 Å². The summed E-state index contributed by atoms with van der Waals surface area (Å²) in [6.45, 7) is 2.38. The molecule has 0 aromatic heterocycles. The lowest BCUT2D eigenvalue weighted by Gasteiger charge is -2.14. The summed E-state index contributed by atoms with van der Waals surface area (Å²) < 4.78 is 11.4. The number of imide groups is 1. The summed E-state index contributed by atoms with van der Waals surface area (Å²) in [5.74, 6) is 0.202. The first-order valence-electron chi connectivity index (χ1n) is 10.6. The maximum Gasteiger partial charge on any atom is 0.254 e. The molecule has 2 aliphatic carbocycles. The van der Waals surface area contributed by atoms with E-state index < -0.39 is 0 Å². The van der Waals surface area contributed by atoms with Crippen molar-refractivity contribution in [3.63, 3.8) is 0 Å². The number of aryl methyl sites for hydroxylation is 1. The summed E-state index contributed by atoms with van der Waals surface area (Å²) >= 11 is 6.46. The quantitative estimate of drug-likeness (QED) is 0.372. The van der Waals surface area contributed by atoms with E-state index in [1.165, 1.54) is 18.9 Å². The molecule has 0 N–H and O–H groups in total. The molecule has 3 aliphatic rings. The molecule has 2 aromatic rings. The van der Waals surface area contributed by atoms with Crippen LogP contribution in [-0.2, 0) is 16.2 Å². The Morgan fingerprint density at radius 3 is 2.38 bits per heavy atom. The molecule has 0 radical (unpaired) electrons. The SMILES string of the molecule is COc1cc(C=NN2C(=O)[C@@H]3[C@H](C2=O)[C@H]2C=C[C@H]3C2)cc(Cl)c1OCc1ccc(C)cc1. The van der Waals surface area contributed by atoms with Crippen LogP contribution in [0.1, 0.15) is 23.1 Å². The number of carbonyl (C=O) groups is 2. The molecule has 6 nitrogen and oxygen atoms in total. The first-order valence-corrected chi connectivity index (χ1v) is 11.0. The Bertz CT molecular complexity index is 1110. The number of allylic oxidation sites excluding steroid dienone is 2. The van der Waals surface area contributed by atoms with Crippen molar-refractivity contribution in [2.75, 3.05) is 7.11 Å². The first kappa shape index (κ1) is 20.8. The Labute approximate surface area is 191 Å². The largest absolute Gasteiger partial charge is 0.493 e. The van der Waals surface area contributed by atoms with E-state index >= 15 is 0 Å². The molecule has 5 rings (SSSR count). The molecule has 0 spiro atoms. The summed E-state index contributed by atoms with van der Waals surface area (Å²) in [7, 11) is 1.53. The molecular weight excluding hydrogens is 428 g/mol. The summed E-state index contributed by atoms with van der Waals surface area (Å²) in [5, 5.41) is 5.58. The fourth-order valence-electron chi connectivity index (χ4n) is 4.92. The molecule has 2 bridgehead atoms. The van der Waals surface area contributed by atoms with Gasteiger partial charge in [0.05, 0.1) is 30.2 Å². The average Bonchev–Trinajstić information content (AvgIpc) is 3.46. The Kier molecular flexibility index (Phi) is 5.25. The molecule has 2 aromatic carbocycles. The van der Waals surface area contributed by atoms with Crippen molar-refractivity contribution < 1.29 is 19.1 Å². The number of hydrazone groups is 1. The van der Waals surface area contributed by atoms with Crippen molar-refractivity contribution in [3.8, 4) is 11.5 Å². The highest BCUT2D eigenvalue weighted by molar-refractivity contribution is 6.32. The summed E-state index contributed by atoms with van der Waals surface area (Å²) in [6.07, 6.45) is 6.47. The van der Waals surface area contributed by atoms with Crippen LogP contribution >= 0.6 is 11.6 Å². The van der Waals surface area contributed by atoms with Crippen LogP contribution in [0.5, 0.6) is 11.5 Å². The number of amides is 2. The number of halogens is 1. The van der Waals surface area contributed by atoms with Gasteiger partial charge in [-0.25, -0.2) is 0 Å². The summed E-state index contributed by atoms with van der Waals surface area (Å²) in [6, 6.07) is 11.4. The van der Waals surface area contributed by atoms with Crippen molar-refractivity contribution in [1.82, 2.24) is 5.01 Å². The Balaban J connectivity index is 1.33. The Hall–Kier alpha value is -3.12. The van der Waals surface area contributed by atoms with E-state index in [0.29, 0.717) is 28.7 Å². The second-order valence-electron chi connectivity index (χ2n) is 8.54. The van der Waals surface area contributed by atoms with E-state index in [9.17, 15) is 9.59 Å². The molecule has 32 heavy (non-hydrogen) atoms. The van der Waals surface area contributed by atoms with E-state index in [2.05, 4.69) is 17.3 Å². The Morgan fingerprint density at radius 2 is 1.75 bits per heavy atom. The van der Waals surface area contributed by atoms with E-state index in [4.69, 9.17) is 21.1 Å². The molecule has 2 fully saturated rings. The monoisotopic (exact) mass is 450 g/mol. The lowest BCUT2D eigenvalue weighted by molar-refractivity contribution is -0.140. The zero-order chi connectivity index (χ0) is 22.4. The molecule has 4 atom stereocenters. The highest BCUT2D eigenvalue weighted by Gasteiger charge is 2.59. The molecule has 2 amide bonds. The zero-order valence-corrected chi connectivity index (χ0v) is 18.6. The second kappa shape index (κ2) is 8.10. The van der Waals surface area contributed by atoms with Crippen molar-refractivity contribution in [2.24, 2.45) is 28.8 Å². The lowest BCUT2D eigenvalue weighted by Crippen LogP contribution is -2.28. The predicted octanol–water partition coefficient (Wildman–Crippen LogP) is 4.38. The highest BCUT2D eigenvalue weighted by atomic mass is 35.5. The molecule has 7 heteroatoms. The molecule has 0 unspecified atom stereocenters. The minimum absolute atomic E-state index is 0.154. The van der Waals surface area contributed by atoms with Gasteiger partial charge in [0.15, 0.2) is 11.5 Å². The van der Waals surface area contributed by atoms with Crippen molar-refractivity contribution in [2.45, 2.75) is 20.0 Å². The van der Waals surface area contributed by atoms with Crippen LogP contribution in [0.2, 0.25) is 5.02 Å². The molecule has 164 valence electrons. The summed E-state index contributed by atoms with van der Waals surface area (Å²) in [5.41, 5.74) is 2.79. The maximum absolute atomic E-state index is 12.8. The lowest BCUT2D eigenvalue weighted by atomic mass is 9.85. The maximum atomic E-state index is 12.8. The van der Waals surface area contributed by atoms with Crippen molar-refractivity contribution in [1.29, 1.82) is 0 Å². The number of nitrogens with zero attached hydrogens (tertiary/aromatic N) is 2. The van der Waals surface area contributed by atoms with Gasteiger partial charge in [0, 0.05) is 0 Å². The smallest absolute Gasteiger partial charge is 0.254 e. The van der Waals surface area contributed by atoms with Gasteiger partial charge in [-0.05, 0) is 48.4 Å². The summed E-state index contributed by atoms with van der Waals surface area (Å²) in [4.78, 5) is 25.6. The van der Waals surface area contributed by atoms with E-state index in [1.807, 2.05) is 31.2 Å². The number of hydrogen-bond donors (Lipinski definition) is 0. The van der Waals surface area contributed by atoms with Crippen LogP contribution in [0, 0.1) is 30.6 Å². The van der Waals surface area contributed by atoms with Gasteiger partial charge in [0.1, 0.15) is 6.61 Å². The fourth-order valence-corrected chi connectivity index (χ4v) is 5.19. The average molecular weight is 451 g/mol. The fraction of sp³-hybridized carbons (Fsp3) is 0.320.